The third-order valence-electron chi connectivity index (χ3n) is 5.39. The molecule has 31 heavy (non-hydrogen) atoms. The van der Waals surface area contributed by atoms with Crippen molar-refractivity contribution >= 4 is 17.4 Å². The normalized spacial score (nSPS) is 20.0. The molecule has 3 heterocycles. The van der Waals surface area contributed by atoms with Gasteiger partial charge in [0.15, 0.2) is 11.5 Å². The van der Waals surface area contributed by atoms with Crippen LogP contribution in [0.25, 0.3) is 5.76 Å². The standard InChI is InChI=1S/C23H26N2O6/c1-14-5-7-17(31-14)20-19(22(27)23(28)25(20)10-4-9-24(2)3)21(26)15-6-8-16-18(13-15)30-12-11-29-16/h5-8,13,20,26H,4,9-12H2,1-3H3/b21-19+/t20-/m1/s1. The number of ketones is 1. The molecule has 0 unspecified atom stereocenters. The highest BCUT2D eigenvalue weighted by molar-refractivity contribution is 6.46. The number of aliphatic hydroxyl groups is 1. The number of hydrogen-bond acceptors (Lipinski definition) is 7. The number of nitrogens with zero attached hydrogens (tertiary/aromatic N) is 2. The van der Waals surface area contributed by atoms with Gasteiger partial charge in [-0.25, -0.2) is 0 Å². The van der Waals surface area contributed by atoms with Gasteiger partial charge in [-0.15, -0.1) is 0 Å². The van der Waals surface area contributed by atoms with Crippen LogP contribution in [0.5, 0.6) is 11.5 Å². The van der Waals surface area contributed by atoms with Crippen molar-refractivity contribution in [1.82, 2.24) is 9.80 Å². The molecule has 0 saturated carbocycles. The summed E-state index contributed by atoms with van der Waals surface area (Å²) in [7, 11) is 3.90. The Bertz CT molecular complexity index is 1040. The van der Waals surface area contributed by atoms with Crippen molar-refractivity contribution in [2.75, 3.05) is 40.4 Å². The average Bonchev–Trinajstić information content (AvgIpc) is 3.28. The number of fused-ring (bicyclic) bond motifs is 1. The zero-order valence-corrected chi connectivity index (χ0v) is 17.9. The Morgan fingerprint density at radius 3 is 2.55 bits per heavy atom. The van der Waals surface area contributed by atoms with E-state index in [0.29, 0.717) is 54.8 Å². The quantitative estimate of drug-likeness (QED) is 0.431. The monoisotopic (exact) mass is 426 g/mol. The Kier molecular flexibility index (Phi) is 5.73. The molecule has 8 heteroatoms. The number of likely N-dealkylation sites (tertiary alicyclic amines) is 1. The Balaban J connectivity index is 1.76. The van der Waals surface area contributed by atoms with E-state index in [0.717, 1.165) is 6.54 Å². The molecule has 164 valence electrons. The van der Waals surface area contributed by atoms with Gasteiger partial charge in [-0.3, -0.25) is 9.59 Å². The molecule has 1 atom stereocenters. The predicted octanol–water partition coefficient (Wildman–Crippen LogP) is 2.73. The van der Waals surface area contributed by atoms with E-state index >= 15 is 0 Å². The number of hydrogen-bond donors (Lipinski definition) is 1. The second-order valence-electron chi connectivity index (χ2n) is 7.96. The summed E-state index contributed by atoms with van der Waals surface area (Å²) < 4.78 is 16.9. The lowest BCUT2D eigenvalue weighted by Crippen LogP contribution is -2.32. The number of carbonyl (C=O) groups excluding carboxylic acids is 2. The lowest BCUT2D eigenvalue weighted by Gasteiger charge is -2.24. The van der Waals surface area contributed by atoms with Crippen molar-refractivity contribution in [2.45, 2.75) is 19.4 Å². The molecular formula is C23H26N2O6. The van der Waals surface area contributed by atoms with E-state index in [4.69, 9.17) is 13.9 Å². The summed E-state index contributed by atoms with van der Waals surface area (Å²) in [6.45, 7) is 3.77. The second-order valence-corrected chi connectivity index (χ2v) is 7.96. The van der Waals surface area contributed by atoms with Crippen LogP contribution in [0.1, 0.15) is 29.5 Å². The van der Waals surface area contributed by atoms with Crippen LogP contribution in [-0.2, 0) is 9.59 Å². The molecule has 1 amide bonds. The van der Waals surface area contributed by atoms with Crippen LogP contribution in [-0.4, -0.2) is 67.0 Å². The molecule has 2 aromatic rings. The topological polar surface area (TPSA) is 92.4 Å². The summed E-state index contributed by atoms with van der Waals surface area (Å²) in [5.74, 6) is 0.539. The molecule has 4 rings (SSSR count). The fourth-order valence-electron chi connectivity index (χ4n) is 3.91. The number of furan rings is 1. The van der Waals surface area contributed by atoms with Gasteiger partial charge in [-0.2, -0.15) is 0 Å². The number of amides is 1. The molecular weight excluding hydrogens is 400 g/mol. The van der Waals surface area contributed by atoms with E-state index in [9.17, 15) is 14.7 Å². The maximum atomic E-state index is 13.0. The highest BCUT2D eigenvalue weighted by Crippen LogP contribution is 2.41. The van der Waals surface area contributed by atoms with Gasteiger partial charge >= 0.3 is 0 Å². The molecule has 1 aromatic carbocycles. The van der Waals surface area contributed by atoms with E-state index in [2.05, 4.69) is 0 Å². The first-order valence-electron chi connectivity index (χ1n) is 10.3. The zero-order chi connectivity index (χ0) is 22.1. The maximum absolute atomic E-state index is 13.0. The predicted molar refractivity (Wildman–Crippen MR) is 113 cm³/mol. The molecule has 0 bridgehead atoms. The van der Waals surface area contributed by atoms with Crippen molar-refractivity contribution in [1.29, 1.82) is 0 Å². The van der Waals surface area contributed by atoms with Gasteiger partial charge < -0.3 is 28.8 Å². The average molecular weight is 426 g/mol. The largest absolute Gasteiger partial charge is 0.507 e. The molecule has 2 aliphatic heterocycles. The minimum Gasteiger partial charge on any atom is -0.507 e. The number of benzene rings is 1. The van der Waals surface area contributed by atoms with Gasteiger partial charge in [0.1, 0.15) is 36.5 Å². The molecule has 1 N–H and O–H groups in total. The summed E-state index contributed by atoms with van der Waals surface area (Å²) >= 11 is 0. The molecule has 0 aliphatic carbocycles. The number of Topliss-reactive ketones (excluding diaryl/α,β-unsaturated/α-hetero) is 1. The lowest BCUT2D eigenvalue weighted by atomic mass is 9.99. The van der Waals surface area contributed by atoms with Crippen molar-refractivity contribution < 1.29 is 28.6 Å². The van der Waals surface area contributed by atoms with Gasteiger partial charge in [0.25, 0.3) is 11.7 Å². The summed E-state index contributed by atoms with van der Waals surface area (Å²) in [5, 5.41) is 11.1. The van der Waals surface area contributed by atoms with E-state index in [1.807, 2.05) is 19.0 Å². The van der Waals surface area contributed by atoms with Gasteiger partial charge in [0.05, 0.1) is 5.57 Å². The van der Waals surface area contributed by atoms with Crippen LogP contribution in [0, 0.1) is 6.92 Å². The highest BCUT2D eigenvalue weighted by atomic mass is 16.6. The van der Waals surface area contributed by atoms with Crippen LogP contribution in [0.4, 0.5) is 0 Å². The fraction of sp³-hybridized carbons (Fsp3) is 0.391. The van der Waals surface area contributed by atoms with E-state index in [-0.39, 0.29) is 11.3 Å². The minimum absolute atomic E-state index is 0.0147. The number of ether oxygens (including phenoxy) is 2. The van der Waals surface area contributed by atoms with Gasteiger partial charge in [-0.05, 0) is 64.3 Å². The first-order chi connectivity index (χ1) is 14.9. The fourth-order valence-corrected chi connectivity index (χ4v) is 3.91. The van der Waals surface area contributed by atoms with Crippen LogP contribution >= 0.6 is 0 Å². The van der Waals surface area contributed by atoms with Crippen LogP contribution in [0.2, 0.25) is 0 Å². The Labute approximate surface area is 180 Å². The smallest absolute Gasteiger partial charge is 0.295 e. The molecule has 0 radical (unpaired) electrons. The molecule has 1 saturated heterocycles. The third kappa shape index (κ3) is 4.03. The zero-order valence-electron chi connectivity index (χ0n) is 17.9. The SMILES string of the molecule is Cc1ccc([C@@H]2/C(=C(\O)c3ccc4c(c3)OCCO4)C(=O)C(=O)N2CCCN(C)C)o1. The molecule has 8 nitrogen and oxygen atoms in total. The lowest BCUT2D eigenvalue weighted by molar-refractivity contribution is -0.140. The number of carbonyl (C=O) groups is 2. The maximum Gasteiger partial charge on any atom is 0.295 e. The van der Waals surface area contributed by atoms with Crippen molar-refractivity contribution in [3.8, 4) is 11.5 Å². The Morgan fingerprint density at radius 1 is 1.13 bits per heavy atom. The van der Waals surface area contributed by atoms with Crippen LogP contribution < -0.4 is 9.47 Å². The van der Waals surface area contributed by atoms with Gasteiger partial charge in [0.2, 0.25) is 0 Å². The van der Waals surface area contributed by atoms with Crippen molar-refractivity contribution in [2.24, 2.45) is 0 Å². The second kappa shape index (κ2) is 8.47. The van der Waals surface area contributed by atoms with E-state index in [1.165, 1.54) is 4.90 Å². The highest BCUT2D eigenvalue weighted by Gasteiger charge is 2.47. The number of rotatable bonds is 6. The summed E-state index contributed by atoms with van der Waals surface area (Å²) in [4.78, 5) is 29.4. The molecule has 1 aromatic heterocycles. The van der Waals surface area contributed by atoms with Crippen LogP contribution in [0.3, 0.4) is 0 Å². The van der Waals surface area contributed by atoms with Crippen LogP contribution in [0.15, 0.2) is 40.3 Å². The van der Waals surface area contributed by atoms with Gasteiger partial charge in [-0.1, -0.05) is 0 Å². The third-order valence-corrected chi connectivity index (χ3v) is 5.39. The summed E-state index contributed by atoms with van der Waals surface area (Å²) in [6, 6.07) is 7.67. The molecule has 2 aliphatic rings. The first-order valence-corrected chi connectivity index (χ1v) is 10.3. The number of aryl methyl sites for hydroxylation is 1. The minimum atomic E-state index is -0.788. The Morgan fingerprint density at radius 2 is 1.87 bits per heavy atom. The number of aliphatic hydroxyl groups excluding tert-OH is 1. The van der Waals surface area contributed by atoms with E-state index < -0.39 is 17.7 Å². The van der Waals surface area contributed by atoms with Crippen molar-refractivity contribution in [3.63, 3.8) is 0 Å². The van der Waals surface area contributed by atoms with E-state index in [1.54, 1.807) is 37.3 Å². The Hall–Kier alpha value is -3.26. The first kappa shape index (κ1) is 21.0. The summed E-state index contributed by atoms with van der Waals surface area (Å²) in [5.41, 5.74) is 0.393. The van der Waals surface area contributed by atoms with Crippen molar-refractivity contribution in [3.05, 3.63) is 53.0 Å². The van der Waals surface area contributed by atoms with Gasteiger partial charge in [0, 0.05) is 12.1 Å². The molecule has 0 spiro atoms. The summed E-state index contributed by atoms with van der Waals surface area (Å²) in [6.07, 6.45) is 0.681. The molecule has 1 fully saturated rings.